The molecule has 0 saturated heterocycles. The van der Waals surface area contributed by atoms with Gasteiger partial charge in [0, 0.05) is 17.7 Å². The summed E-state index contributed by atoms with van der Waals surface area (Å²) >= 11 is 0. The molecule has 0 atom stereocenters. The van der Waals surface area contributed by atoms with Gasteiger partial charge in [-0.3, -0.25) is 25.2 Å². The van der Waals surface area contributed by atoms with Crippen molar-refractivity contribution in [2.24, 2.45) is 5.92 Å². The zero-order valence-electron chi connectivity index (χ0n) is 19.1. The third kappa shape index (κ3) is 8.41. The summed E-state index contributed by atoms with van der Waals surface area (Å²) in [5.74, 6) is -0.246. The van der Waals surface area contributed by atoms with E-state index in [1.807, 2.05) is 13.8 Å². The molecule has 2 aromatic carbocycles. The Balaban J connectivity index is 1.87. The van der Waals surface area contributed by atoms with Crippen LogP contribution in [0.3, 0.4) is 0 Å². The van der Waals surface area contributed by atoms with Crippen molar-refractivity contribution in [3.05, 3.63) is 59.7 Å². The summed E-state index contributed by atoms with van der Waals surface area (Å²) in [6.45, 7) is 6.63. The van der Waals surface area contributed by atoms with Crippen molar-refractivity contribution in [1.82, 2.24) is 10.9 Å². The number of hydrogen-bond donors (Lipinski definition) is 3. The quantitative estimate of drug-likeness (QED) is 0.349. The lowest BCUT2D eigenvalue weighted by molar-refractivity contribution is -0.116. The second kappa shape index (κ2) is 13.1. The number of carbonyl (C=O) groups is 3. The summed E-state index contributed by atoms with van der Waals surface area (Å²) in [4.78, 5) is 36.8. The van der Waals surface area contributed by atoms with Crippen LogP contribution in [0.5, 0.6) is 5.75 Å². The Morgan fingerprint density at radius 2 is 1.56 bits per heavy atom. The summed E-state index contributed by atoms with van der Waals surface area (Å²) in [6.07, 6.45) is 4.74. The van der Waals surface area contributed by atoms with Gasteiger partial charge in [-0.05, 0) is 48.7 Å². The van der Waals surface area contributed by atoms with E-state index in [1.54, 1.807) is 48.5 Å². The zero-order valence-corrected chi connectivity index (χ0v) is 19.1. The molecule has 0 bridgehead atoms. The first-order valence-electron chi connectivity index (χ1n) is 11.1. The van der Waals surface area contributed by atoms with Gasteiger partial charge in [0.2, 0.25) is 5.91 Å². The Labute approximate surface area is 189 Å². The van der Waals surface area contributed by atoms with Crippen LogP contribution in [-0.2, 0) is 4.79 Å². The van der Waals surface area contributed by atoms with Crippen LogP contribution >= 0.6 is 0 Å². The number of ether oxygens (including phenoxy) is 1. The number of hydrazine groups is 1. The van der Waals surface area contributed by atoms with Crippen molar-refractivity contribution in [2.75, 3.05) is 11.9 Å². The smallest absolute Gasteiger partial charge is 0.273 e. The lowest BCUT2D eigenvalue weighted by atomic mass is 10.1. The average Bonchev–Trinajstić information content (AvgIpc) is 2.77. The van der Waals surface area contributed by atoms with Crippen LogP contribution in [0.1, 0.15) is 73.6 Å². The first-order valence-corrected chi connectivity index (χ1v) is 11.1. The van der Waals surface area contributed by atoms with E-state index in [2.05, 4.69) is 23.1 Å². The zero-order chi connectivity index (χ0) is 23.3. The fourth-order valence-corrected chi connectivity index (χ4v) is 3.03. The van der Waals surface area contributed by atoms with Crippen LogP contribution in [0.25, 0.3) is 0 Å². The van der Waals surface area contributed by atoms with Crippen LogP contribution in [0, 0.1) is 5.92 Å². The summed E-state index contributed by atoms with van der Waals surface area (Å²) in [5.41, 5.74) is 6.16. The molecule has 2 aromatic rings. The highest BCUT2D eigenvalue weighted by Gasteiger charge is 2.14. The summed E-state index contributed by atoms with van der Waals surface area (Å²) < 4.78 is 5.76. The van der Waals surface area contributed by atoms with Gasteiger partial charge in [0.05, 0.1) is 12.2 Å². The van der Waals surface area contributed by atoms with Crippen molar-refractivity contribution in [2.45, 2.75) is 52.9 Å². The molecule has 7 nitrogen and oxygen atoms in total. The first-order chi connectivity index (χ1) is 15.4. The predicted octanol–water partition coefficient (Wildman–Crippen LogP) is 4.71. The topological polar surface area (TPSA) is 96.5 Å². The SMILES string of the molecule is CCCCCCOc1ccccc1C(=O)NNC(=O)c1ccc(NC(=O)CC(C)C)cc1. The molecule has 2 rings (SSSR count). The number of para-hydroxylation sites is 1. The molecule has 0 aromatic heterocycles. The maximum Gasteiger partial charge on any atom is 0.273 e. The summed E-state index contributed by atoms with van der Waals surface area (Å²) in [7, 11) is 0. The number of unbranched alkanes of at least 4 members (excludes halogenated alkanes) is 3. The lowest BCUT2D eigenvalue weighted by Gasteiger charge is -2.12. The Morgan fingerprint density at radius 1 is 0.875 bits per heavy atom. The summed E-state index contributed by atoms with van der Waals surface area (Å²) in [6, 6.07) is 13.4. The van der Waals surface area contributed by atoms with Gasteiger partial charge < -0.3 is 10.1 Å². The fourth-order valence-electron chi connectivity index (χ4n) is 3.03. The highest BCUT2D eigenvalue weighted by molar-refractivity contribution is 6.00. The van der Waals surface area contributed by atoms with Gasteiger partial charge in [-0.15, -0.1) is 0 Å². The summed E-state index contributed by atoms with van der Waals surface area (Å²) in [5, 5.41) is 2.79. The number of nitrogens with one attached hydrogen (secondary N) is 3. The highest BCUT2D eigenvalue weighted by Crippen LogP contribution is 2.18. The molecule has 7 heteroatoms. The molecule has 0 saturated carbocycles. The van der Waals surface area contributed by atoms with Gasteiger partial charge in [0.15, 0.2) is 0 Å². The van der Waals surface area contributed by atoms with Gasteiger partial charge in [0.25, 0.3) is 11.8 Å². The number of hydrogen-bond acceptors (Lipinski definition) is 4. The molecule has 0 fully saturated rings. The van der Waals surface area contributed by atoms with E-state index in [4.69, 9.17) is 4.74 Å². The van der Waals surface area contributed by atoms with Gasteiger partial charge in [-0.2, -0.15) is 0 Å². The normalized spacial score (nSPS) is 10.5. The van der Waals surface area contributed by atoms with E-state index < -0.39 is 11.8 Å². The molecule has 0 radical (unpaired) electrons. The molecular formula is C25H33N3O4. The maximum atomic E-state index is 12.5. The number of amides is 3. The third-order valence-electron chi connectivity index (χ3n) is 4.70. The van der Waals surface area contributed by atoms with Crippen LogP contribution in [0.4, 0.5) is 5.69 Å². The predicted molar refractivity (Wildman–Crippen MR) is 126 cm³/mol. The molecule has 172 valence electrons. The number of benzene rings is 2. The average molecular weight is 440 g/mol. The van der Waals surface area contributed by atoms with Crippen molar-refractivity contribution in [3.63, 3.8) is 0 Å². The Kier molecular flexibility index (Phi) is 10.2. The molecule has 0 aliphatic carbocycles. The second-order valence-electron chi connectivity index (χ2n) is 8.04. The monoisotopic (exact) mass is 439 g/mol. The van der Waals surface area contributed by atoms with Gasteiger partial charge in [-0.1, -0.05) is 52.2 Å². The van der Waals surface area contributed by atoms with Gasteiger partial charge >= 0.3 is 0 Å². The second-order valence-corrected chi connectivity index (χ2v) is 8.04. The molecule has 3 amide bonds. The van der Waals surface area contributed by atoms with Crippen LogP contribution in [-0.4, -0.2) is 24.3 Å². The minimum atomic E-state index is -0.462. The Morgan fingerprint density at radius 3 is 2.25 bits per heavy atom. The Hall–Kier alpha value is -3.35. The molecular weight excluding hydrogens is 406 g/mol. The van der Waals surface area contributed by atoms with Crippen LogP contribution in [0.2, 0.25) is 0 Å². The van der Waals surface area contributed by atoms with E-state index >= 15 is 0 Å². The van der Waals surface area contributed by atoms with E-state index in [-0.39, 0.29) is 11.8 Å². The molecule has 32 heavy (non-hydrogen) atoms. The maximum absolute atomic E-state index is 12.5. The number of carbonyl (C=O) groups excluding carboxylic acids is 3. The third-order valence-corrected chi connectivity index (χ3v) is 4.70. The molecule has 0 unspecified atom stereocenters. The minimum Gasteiger partial charge on any atom is -0.493 e. The highest BCUT2D eigenvalue weighted by atomic mass is 16.5. The molecule has 0 heterocycles. The fraction of sp³-hybridized carbons (Fsp3) is 0.400. The van der Waals surface area contributed by atoms with Crippen molar-refractivity contribution in [1.29, 1.82) is 0 Å². The standard InChI is InChI=1S/C25H33N3O4/c1-4-5-6-9-16-32-22-11-8-7-10-21(22)25(31)28-27-24(30)19-12-14-20(15-13-19)26-23(29)17-18(2)3/h7-8,10-15,18H,4-6,9,16-17H2,1-3H3,(H,26,29)(H,27,30)(H,28,31). The minimum absolute atomic E-state index is 0.0734. The van der Waals surface area contributed by atoms with Gasteiger partial charge in [-0.25, -0.2) is 0 Å². The van der Waals surface area contributed by atoms with E-state index in [0.29, 0.717) is 35.6 Å². The van der Waals surface area contributed by atoms with E-state index in [0.717, 1.165) is 25.7 Å². The van der Waals surface area contributed by atoms with E-state index in [1.165, 1.54) is 0 Å². The first kappa shape index (κ1) is 24.9. The van der Waals surface area contributed by atoms with Crippen LogP contribution < -0.4 is 20.9 Å². The molecule has 0 aliphatic heterocycles. The van der Waals surface area contributed by atoms with E-state index in [9.17, 15) is 14.4 Å². The lowest BCUT2D eigenvalue weighted by Crippen LogP contribution is -2.41. The Bertz CT molecular complexity index is 894. The van der Waals surface area contributed by atoms with Crippen molar-refractivity contribution in [3.8, 4) is 5.75 Å². The molecule has 0 spiro atoms. The molecule has 0 aliphatic rings. The van der Waals surface area contributed by atoms with Crippen LogP contribution in [0.15, 0.2) is 48.5 Å². The van der Waals surface area contributed by atoms with Gasteiger partial charge in [0.1, 0.15) is 5.75 Å². The molecule has 3 N–H and O–H groups in total. The van der Waals surface area contributed by atoms with Crippen molar-refractivity contribution >= 4 is 23.4 Å². The number of anilines is 1. The van der Waals surface area contributed by atoms with Crippen molar-refractivity contribution < 1.29 is 19.1 Å². The number of rotatable bonds is 11. The largest absolute Gasteiger partial charge is 0.493 e.